The van der Waals surface area contributed by atoms with Crippen molar-refractivity contribution in [3.05, 3.63) is 59.7 Å². The van der Waals surface area contributed by atoms with Crippen molar-refractivity contribution in [1.82, 2.24) is 0 Å². The number of para-hydroxylation sites is 1. The smallest absolute Gasteiger partial charge is 0.344 e. The minimum absolute atomic E-state index is 0.0173. The van der Waals surface area contributed by atoms with Crippen LogP contribution >= 0.6 is 0 Å². The predicted octanol–water partition coefficient (Wildman–Crippen LogP) is 2.79. The molecule has 0 fully saturated rings. The number of fused-ring (bicyclic) bond motifs is 1. The third kappa shape index (κ3) is 4.16. The highest BCUT2D eigenvalue weighted by Gasteiger charge is 2.34. The molecule has 2 atom stereocenters. The first kappa shape index (κ1) is 18.6. The lowest BCUT2D eigenvalue weighted by Crippen LogP contribution is -2.43. The summed E-state index contributed by atoms with van der Waals surface area (Å²) in [6.07, 6.45) is 0.595. The molecule has 0 saturated heterocycles. The van der Waals surface area contributed by atoms with E-state index in [2.05, 4.69) is 0 Å². The number of carbonyl (C=O) groups excluding carboxylic acids is 3. The second-order valence-corrected chi connectivity index (χ2v) is 6.50. The molecule has 0 bridgehead atoms. The largest absolute Gasteiger partial charge is 0.482 e. The van der Waals surface area contributed by atoms with E-state index in [0.29, 0.717) is 11.3 Å². The molecular weight excluding hydrogens is 346 g/mol. The van der Waals surface area contributed by atoms with Crippen LogP contribution in [0.5, 0.6) is 5.75 Å². The van der Waals surface area contributed by atoms with Crippen LogP contribution in [0.1, 0.15) is 29.8 Å². The van der Waals surface area contributed by atoms with E-state index >= 15 is 0 Å². The molecule has 2 aromatic rings. The first-order valence-corrected chi connectivity index (χ1v) is 8.78. The first-order valence-electron chi connectivity index (χ1n) is 8.78. The fourth-order valence-electron chi connectivity index (χ4n) is 3.16. The fourth-order valence-corrected chi connectivity index (χ4v) is 3.16. The summed E-state index contributed by atoms with van der Waals surface area (Å²) in [7, 11) is 0. The van der Waals surface area contributed by atoms with Crippen molar-refractivity contribution in [2.45, 2.75) is 32.4 Å². The number of aldehydes is 1. The summed E-state index contributed by atoms with van der Waals surface area (Å²) in [6.45, 7) is 3.22. The normalized spacial score (nSPS) is 16.4. The highest BCUT2D eigenvalue weighted by molar-refractivity contribution is 5.99. The van der Waals surface area contributed by atoms with Gasteiger partial charge in [-0.2, -0.15) is 0 Å². The maximum absolute atomic E-state index is 12.8. The van der Waals surface area contributed by atoms with Gasteiger partial charge < -0.3 is 14.4 Å². The summed E-state index contributed by atoms with van der Waals surface area (Å²) < 4.78 is 10.6. The Bertz CT molecular complexity index is 846. The van der Waals surface area contributed by atoms with Gasteiger partial charge in [-0.15, -0.1) is 0 Å². The van der Waals surface area contributed by atoms with Gasteiger partial charge in [-0.1, -0.05) is 18.2 Å². The van der Waals surface area contributed by atoms with Crippen molar-refractivity contribution in [2.75, 3.05) is 11.5 Å². The van der Waals surface area contributed by atoms with E-state index in [4.69, 9.17) is 9.47 Å². The van der Waals surface area contributed by atoms with Gasteiger partial charge in [0.25, 0.3) is 5.91 Å². The number of anilines is 1. The SMILES string of the molecule is C[C@@H](OC(=O)COc1ccc(C=O)cc1)C(=O)N1c2ccccc2C[C@@H]1C. The lowest BCUT2D eigenvalue weighted by molar-refractivity contribution is -0.155. The highest BCUT2D eigenvalue weighted by Crippen LogP contribution is 2.32. The van der Waals surface area contributed by atoms with Gasteiger partial charge in [0, 0.05) is 17.3 Å². The molecular formula is C21H21NO5. The summed E-state index contributed by atoms with van der Waals surface area (Å²) in [5, 5.41) is 0. The summed E-state index contributed by atoms with van der Waals surface area (Å²) in [5.41, 5.74) is 2.49. The molecule has 1 heterocycles. The third-order valence-corrected chi connectivity index (χ3v) is 4.47. The van der Waals surface area contributed by atoms with Gasteiger partial charge in [-0.3, -0.25) is 9.59 Å². The van der Waals surface area contributed by atoms with Gasteiger partial charge in [0.2, 0.25) is 0 Å². The molecule has 1 aliphatic rings. The zero-order valence-corrected chi connectivity index (χ0v) is 15.3. The van der Waals surface area contributed by atoms with Crippen LogP contribution in [-0.2, 0) is 20.7 Å². The maximum atomic E-state index is 12.8. The molecule has 0 N–H and O–H groups in total. The van der Waals surface area contributed by atoms with E-state index in [0.717, 1.165) is 24.0 Å². The average molecular weight is 367 g/mol. The van der Waals surface area contributed by atoms with Gasteiger partial charge in [-0.05, 0) is 56.2 Å². The van der Waals surface area contributed by atoms with Crippen LogP contribution in [0.25, 0.3) is 0 Å². The molecule has 3 rings (SSSR count). The van der Waals surface area contributed by atoms with Gasteiger partial charge in [0.05, 0.1) is 0 Å². The molecule has 0 saturated carbocycles. The Morgan fingerprint density at radius 3 is 2.59 bits per heavy atom. The number of hydrogen-bond donors (Lipinski definition) is 0. The molecule has 0 aliphatic carbocycles. The van der Waals surface area contributed by atoms with E-state index in [9.17, 15) is 14.4 Å². The minimum atomic E-state index is -0.910. The second kappa shape index (κ2) is 8.03. The Kier molecular flexibility index (Phi) is 5.54. The Morgan fingerprint density at radius 2 is 1.89 bits per heavy atom. The fraction of sp³-hybridized carbons (Fsp3) is 0.286. The van der Waals surface area contributed by atoms with Crippen molar-refractivity contribution in [3.63, 3.8) is 0 Å². The maximum Gasteiger partial charge on any atom is 0.344 e. The molecule has 1 amide bonds. The van der Waals surface area contributed by atoms with Crippen LogP contribution < -0.4 is 9.64 Å². The number of nitrogens with zero attached hydrogens (tertiary/aromatic N) is 1. The van der Waals surface area contributed by atoms with Crippen LogP contribution in [0.4, 0.5) is 5.69 Å². The Balaban J connectivity index is 1.56. The van der Waals surface area contributed by atoms with E-state index in [1.54, 1.807) is 36.1 Å². The number of amides is 1. The van der Waals surface area contributed by atoms with E-state index in [1.165, 1.54) is 0 Å². The van der Waals surface area contributed by atoms with Crippen LogP contribution in [0.2, 0.25) is 0 Å². The van der Waals surface area contributed by atoms with Crippen LogP contribution in [0.3, 0.4) is 0 Å². The van der Waals surface area contributed by atoms with E-state index in [-0.39, 0.29) is 18.6 Å². The van der Waals surface area contributed by atoms with Crippen molar-refractivity contribution < 1.29 is 23.9 Å². The highest BCUT2D eigenvalue weighted by atomic mass is 16.6. The number of rotatable bonds is 6. The van der Waals surface area contributed by atoms with Crippen molar-refractivity contribution in [2.24, 2.45) is 0 Å². The van der Waals surface area contributed by atoms with Crippen molar-refractivity contribution >= 4 is 23.9 Å². The van der Waals surface area contributed by atoms with Gasteiger partial charge in [0.1, 0.15) is 12.0 Å². The standard InChI is InChI=1S/C21H21NO5/c1-14-11-17-5-3-4-6-19(17)22(14)21(25)15(2)27-20(24)13-26-18-9-7-16(12-23)8-10-18/h3-10,12,14-15H,11,13H2,1-2H3/t14-,15+/m0/s1. The molecule has 0 unspecified atom stereocenters. The van der Waals surface area contributed by atoms with E-state index in [1.807, 2.05) is 31.2 Å². The number of esters is 1. The average Bonchev–Trinajstić information content (AvgIpc) is 3.01. The van der Waals surface area contributed by atoms with Crippen LogP contribution in [0, 0.1) is 0 Å². The number of carbonyl (C=O) groups is 3. The monoisotopic (exact) mass is 367 g/mol. The number of hydrogen-bond acceptors (Lipinski definition) is 5. The summed E-state index contributed by atoms with van der Waals surface area (Å²) >= 11 is 0. The predicted molar refractivity (Wildman–Crippen MR) is 100.0 cm³/mol. The van der Waals surface area contributed by atoms with Crippen LogP contribution in [0.15, 0.2) is 48.5 Å². The molecule has 0 aromatic heterocycles. The minimum Gasteiger partial charge on any atom is -0.482 e. The number of benzene rings is 2. The van der Waals surface area contributed by atoms with Crippen LogP contribution in [-0.4, -0.2) is 36.9 Å². The van der Waals surface area contributed by atoms with Gasteiger partial charge >= 0.3 is 5.97 Å². The molecule has 0 radical (unpaired) electrons. The van der Waals surface area contributed by atoms with Crippen molar-refractivity contribution in [1.29, 1.82) is 0 Å². The molecule has 6 heteroatoms. The summed E-state index contributed by atoms with van der Waals surface area (Å²) in [4.78, 5) is 37.1. The third-order valence-electron chi connectivity index (χ3n) is 4.47. The molecule has 2 aromatic carbocycles. The Labute approximate surface area is 157 Å². The lowest BCUT2D eigenvalue weighted by atomic mass is 10.1. The molecule has 0 spiro atoms. The zero-order valence-electron chi connectivity index (χ0n) is 15.3. The summed E-state index contributed by atoms with van der Waals surface area (Å²) in [5.74, 6) is -0.440. The molecule has 1 aliphatic heterocycles. The first-order chi connectivity index (χ1) is 13.0. The molecule has 6 nitrogen and oxygen atoms in total. The number of ether oxygens (including phenoxy) is 2. The quantitative estimate of drug-likeness (QED) is 0.580. The van der Waals surface area contributed by atoms with Gasteiger partial charge in [-0.25, -0.2) is 4.79 Å². The second-order valence-electron chi connectivity index (χ2n) is 6.50. The molecule has 27 heavy (non-hydrogen) atoms. The zero-order chi connectivity index (χ0) is 19.4. The van der Waals surface area contributed by atoms with Gasteiger partial charge in [0.15, 0.2) is 12.7 Å². The Morgan fingerprint density at radius 1 is 1.19 bits per heavy atom. The van der Waals surface area contributed by atoms with Crippen molar-refractivity contribution in [3.8, 4) is 5.75 Å². The summed E-state index contributed by atoms with van der Waals surface area (Å²) in [6, 6.07) is 14.1. The lowest BCUT2D eigenvalue weighted by Gasteiger charge is -2.25. The van der Waals surface area contributed by atoms with E-state index < -0.39 is 12.1 Å². The topological polar surface area (TPSA) is 72.9 Å². The Hall–Kier alpha value is -3.15. The molecule has 140 valence electrons.